The van der Waals surface area contributed by atoms with Crippen LogP contribution < -0.4 is 0 Å². The molecule has 1 atom stereocenters. The van der Waals surface area contributed by atoms with Gasteiger partial charge in [0, 0.05) is 25.6 Å². The number of hydrogen-bond donors (Lipinski definition) is 0. The number of nitrogens with zero attached hydrogens (tertiary/aromatic N) is 1. The summed E-state index contributed by atoms with van der Waals surface area (Å²) >= 11 is 0. The van der Waals surface area contributed by atoms with Crippen LogP contribution in [0.4, 0.5) is 4.39 Å². The Morgan fingerprint density at radius 1 is 1.32 bits per heavy atom. The normalized spacial score (nSPS) is 12.2. The number of ketones is 1. The van der Waals surface area contributed by atoms with Crippen LogP contribution in [0.3, 0.4) is 0 Å². The van der Waals surface area contributed by atoms with Crippen LogP contribution in [0.2, 0.25) is 0 Å². The summed E-state index contributed by atoms with van der Waals surface area (Å²) in [5.41, 5.74) is 0.159. The molecule has 0 bridgehead atoms. The molecule has 3 heteroatoms. The van der Waals surface area contributed by atoms with Crippen molar-refractivity contribution < 1.29 is 9.18 Å². The molecule has 0 aliphatic heterocycles. The van der Waals surface area contributed by atoms with E-state index in [9.17, 15) is 9.18 Å². The maximum atomic E-state index is 13.6. The molecule has 0 amide bonds. The van der Waals surface area contributed by atoms with E-state index in [1.54, 1.807) is 24.3 Å². The van der Waals surface area contributed by atoms with Gasteiger partial charge in [0.05, 0.1) is 5.56 Å². The van der Waals surface area contributed by atoms with Crippen molar-refractivity contribution in [1.29, 1.82) is 0 Å². The molecule has 0 fully saturated rings. The highest BCUT2D eigenvalue weighted by molar-refractivity contribution is 5.98. The van der Waals surface area contributed by atoms with Crippen LogP contribution in [-0.4, -0.2) is 30.3 Å². The summed E-state index contributed by atoms with van der Waals surface area (Å²) in [5.74, 6) is -0.897. The van der Waals surface area contributed by atoms with Crippen LogP contribution in [0, 0.1) is 11.7 Å². The summed E-state index contributed by atoms with van der Waals surface area (Å²) in [7, 11) is 0. The van der Waals surface area contributed by atoms with E-state index < -0.39 is 5.82 Å². The SMILES string of the molecule is C=CCN(CC=C)CC(C)C(=O)c1ccccc1F. The topological polar surface area (TPSA) is 20.3 Å². The average Bonchev–Trinajstić information content (AvgIpc) is 2.39. The molecule has 0 aliphatic carbocycles. The van der Waals surface area contributed by atoms with Crippen LogP contribution in [0.1, 0.15) is 17.3 Å². The number of halogens is 1. The fourth-order valence-electron chi connectivity index (χ4n) is 1.99. The Labute approximate surface area is 114 Å². The van der Waals surface area contributed by atoms with Crippen LogP contribution in [0.15, 0.2) is 49.6 Å². The van der Waals surface area contributed by atoms with Gasteiger partial charge in [0.25, 0.3) is 0 Å². The summed E-state index contributed by atoms with van der Waals surface area (Å²) in [6.45, 7) is 11.1. The van der Waals surface area contributed by atoms with Gasteiger partial charge in [-0.05, 0) is 12.1 Å². The summed E-state index contributed by atoms with van der Waals surface area (Å²) in [6, 6.07) is 6.09. The lowest BCUT2D eigenvalue weighted by atomic mass is 9.98. The van der Waals surface area contributed by atoms with E-state index in [0.717, 1.165) is 0 Å². The largest absolute Gasteiger partial charge is 0.295 e. The van der Waals surface area contributed by atoms with E-state index in [1.807, 2.05) is 11.8 Å². The monoisotopic (exact) mass is 261 g/mol. The molecular formula is C16H20FNO. The number of carbonyl (C=O) groups excluding carboxylic acids is 1. The molecule has 0 aromatic heterocycles. The molecule has 1 aromatic rings. The van der Waals surface area contributed by atoms with Crippen molar-refractivity contribution in [2.24, 2.45) is 5.92 Å². The summed E-state index contributed by atoms with van der Waals surface area (Å²) in [4.78, 5) is 14.2. The van der Waals surface area contributed by atoms with Crippen molar-refractivity contribution in [3.63, 3.8) is 0 Å². The zero-order valence-corrected chi connectivity index (χ0v) is 11.3. The molecule has 0 N–H and O–H groups in total. The zero-order valence-electron chi connectivity index (χ0n) is 11.3. The average molecular weight is 261 g/mol. The molecule has 0 aliphatic rings. The van der Waals surface area contributed by atoms with Crippen LogP contribution in [-0.2, 0) is 0 Å². The lowest BCUT2D eigenvalue weighted by molar-refractivity contribution is 0.0898. The molecule has 1 aromatic carbocycles. The molecule has 19 heavy (non-hydrogen) atoms. The van der Waals surface area contributed by atoms with E-state index in [4.69, 9.17) is 0 Å². The molecule has 0 saturated heterocycles. The predicted octanol–water partition coefficient (Wildman–Crippen LogP) is 3.32. The highest BCUT2D eigenvalue weighted by Crippen LogP contribution is 2.14. The Hall–Kier alpha value is -1.74. The van der Waals surface area contributed by atoms with Gasteiger partial charge < -0.3 is 0 Å². The second-order valence-corrected chi connectivity index (χ2v) is 4.54. The first-order valence-electron chi connectivity index (χ1n) is 6.33. The fourth-order valence-corrected chi connectivity index (χ4v) is 1.99. The van der Waals surface area contributed by atoms with Crippen molar-refractivity contribution in [2.45, 2.75) is 6.92 Å². The molecular weight excluding hydrogens is 241 g/mol. The summed E-state index contributed by atoms with van der Waals surface area (Å²) in [5, 5.41) is 0. The lowest BCUT2D eigenvalue weighted by Gasteiger charge is -2.22. The van der Waals surface area contributed by atoms with Crippen molar-refractivity contribution in [3.8, 4) is 0 Å². The number of Topliss-reactive ketones (excluding diaryl/α,β-unsaturated/α-hetero) is 1. The van der Waals surface area contributed by atoms with Gasteiger partial charge >= 0.3 is 0 Å². The van der Waals surface area contributed by atoms with Crippen LogP contribution in [0.25, 0.3) is 0 Å². The molecule has 1 unspecified atom stereocenters. The second kappa shape index (κ2) is 7.64. The van der Waals surface area contributed by atoms with Gasteiger partial charge in [0.15, 0.2) is 5.78 Å². The van der Waals surface area contributed by atoms with Gasteiger partial charge in [-0.3, -0.25) is 9.69 Å². The first-order valence-corrected chi connectivity index (χ1v) is 6.33. The highest BCUT2D eigenvalue weighted by Gasteiger charge is 2.20. The predicted molar refractivity (Wildman–Crippen MR) is 76.7 cm³/mol. The number of rotatable bonds is 8. The smallest absolute Gasteiger partial charge is 0.169 e. The zero-order chi connectivity index (χ0) is 14.3. The van der Waals surface area contributed by atoms with Crippen molar-refractivity contribution in [3.05, 3.63) is 61.0 Å². The Morgan fingerprint density at radius 3 is 2.42 bits per heavy atom. The van der Waals surface area contributed by atoms with Crippen LogP contribution in [0.5, 0.6) is 0 Å². The Bertz CT molecular complexity index is 446. The summed E-state index contributed by atoms with van der Waals surface area (Å²) in [6.07, 6.45) is 3.56. The third-order valence-corrected chi connectivity index (χ3v) is 2.89. The molecule has 0 radical (unpaired) electrons. The maximum Gasteiger partial charge on any atom is 0.169 e. The number of hydrogen-bond acceptors (Lipinski definition) is 2. The number of carbonyl (C=O) groups is 1. The molecule has 0 saturated carbocycles. The minimum Gasteiger partial charge on any atom is -0.295 e. The highest BCUT2D eigenvalue weighted by atomic mass is 19.1. The minimum atomic E-state index is -0.460. The third kappa shape index (κ3) is 4.45. The van der Waals surface area contributed by atoms with E-state index in [1.165, 1.54) is 12.1 Å². The quantitative estimate of drug-likeness (QED) is 0.528. The van der Waals surface area contributed by atoms with Gasteiger partial charge in [-0.25, -0.2) is 4.39 Å². The van der Waals surface area contributed by atoms with Gasteiger partial charge in [0.2, 0.25) is 0 Å². The first kappa shape index (κ1) is 15.3. The van der Waals surface area contributed by atoms with Gasteiger partial charge in [-0.1, -0.05) is 31.2 Å². The standard InChI is InChI=1S/C16H20FNO/c1-4-10-18(11-5-2)12-13(3)16(19)14-8-6-7-9-15(14)17/h4-9,13H,1-2,10-12H2,3H3. The Kier molecular flexibility index (Phi) is 6.16. The van der Waals surface area contributed by atoms with Gasteiger partial charge in [-0.15, -0.1) is 13.2 Å². The second-order valence-electron chi connectivity index (χ2n) is 4.54. The molecule has 102 valence electrons. The first-order chi connectivity index (χ1) is 9.10. The van der Waals surface area contributed by atoms with Crippen molar-refractivity contribution in [1.82, 2.24) is 4.90 Å². The van der Waals surface area contributed by atoms with Crippen molar-refractivity contribution in [2.75, 3.05) is 19.6 Å². The maximum absolute atomic E-state index is 13.6. The van der Waals surface area contributed by atoms with Crippen LogP contribution >= 0.6 is 0 Å². The Morgan fingerprint density at radius 2 is 1.89 bits per heavy atom. The van der Waals surface area contributed by atoms with E-state index in [0.29, 0.717) is 19.6 Å². The van der Waals surface area contributed by atoms with Gasteiger partial charge in [-0.2, -0.15) is 0 Å². The molecule has 0 spiro atoms. The van der Waals surface area contributed by atoms with Crippen molar-refractivity contribution >= 4 is 5.78 Å². The lowest BCUT2D eigenvalue weighted by Crippen LogP contribution is -2.32. The minimum absolute atomic E-state index is 0.159. The summed E-state index contributed by atoms with van der Waals surface area (Å²) < 4.78 is 13.6. The van der Waals surface area contributed by atoms with E-state index in [2.05, 4.69) is 13.2 Å². The van der Waals surface area contributed by atoms with E-state index in [-0.39, 0.29) is 17.3 Å². The fraction of sp³-hybridized carbons (Fsp3) is 0.312. The molecule has 2 nitrogen and oxygen atoms in total. The number of benzene rings is 1. The van der Waals surface area contributed by atoms with Gasteiger partial charge in [0.1, 0.15) is 5.82 Å². The molecule has 1 rings (SSSR count). The third-order valence-electron chi connectivity index (χ3n) is 2.89. The van der Waals surface area contributed by atoms with E-state index >= 15 is 0 Å². The molecule has 0 heterocycles. The Balaban J connectivity index is 2.73.